The number of benzene rings is 2. The maximum absolute atomic E-state index is 13.7. The van der Waals surface area contributed by atoms with Crippen molar-refractivity contribution in [3.05, 3.63) is 71.8 Å². The van der Waals surface area contributed by atoms with E-state index in [9.17, 15) is 24.3 Å². The first-order chi connectivity index (χ1) is 18.1. The number of nitrogens with zero attached hydrogens (tertiary/aromatic N) is 1. The Morgan fingerprint density at radius 2 is 1.66 bits per heavy atom. The van der Waals surface area contributed by atoms with Crippen molar-refractivity contribution in [1.82, 2.24) is 15.4 Å². The number of alkyl carbamates (subject to hydrolysis) is 1. The third-order valence-electron chi connectivity index (χ3n) is 7.15. The third-order valence-corrected chi connectivity index (χ3v) is 7.15. The molecule has 0 bridgehead atoms. The van der Waals surface area contributed by atoms with E-state index in [2.05, 4.69) is 10.5 Å². The smallest absolute Gasteiger partial charge is 0.408 e. The molecule has 1 aliphatic rings. The Balaban J connectivity index is 1.74. The van der Waals surface area contributed by atoms with Gasteiger partial charge in [-0.2, -0.15) is 0 Å². The number of rotatable bonds is 11. The molecular formula is C28H36BN3O6. The van der Waals surface area contributed by atoms with Crippen LogP contribution in [0, 0.1) is 0 Å². The van der Waals surface area contributed by atoms with Crippen LogP contribution in [0.1, 0.15) is 51.2 Å². The highest BCUT2D eigenvalue weighted by Crippen LogP contribution is 2.32. The quantitative estimate of drug-likeness (QED) is 0.383. The van der Waals surface area contributed by atoms with Gasteiger partial charge in [-0.1, -0.05) is 87.9 Å². The van der Waals surface area contributed by atoms with E-state index in [4.69, 9.17) is 4.74 Å². The van der Waals surface area contributed by atoms with Gasteiger partial charge in [0.15, 0.2) is 0 Å². The standard InChI is InChI=1S/C28H36BN3O6/c1-4-28(2,3)29(26(35)36)31-24(33)23-16-11-17-32(23)25(34)22(18-20-12-7-5-8-13-20)30-27(37)38-19-21-14-9-6-10-15-21/h5-10,12-15,22-23H,4,11,16-19H2,1-3H3,(H,30,37)(H,31,33)(H,35,36). The van der Waals surface area contributed by atoms with Crippen molar-refractivity contribution in [1.29, 1.82) is 0 Å². The summed E-state index contributed by atoms with van der Waals surface area (Å²) in [5.41, 5.74) is 1.65. The molecule has 1 aliphatic heterocycles. The van der Waals surface area contributed by atoms with E-state index in [1.807, 2.05) is 67.6 Å². The molecule has 1 fully saturated rings. The summed E-state index contributed by atoms with van der Waals surface area (Å²) in [7, 11) is 0. The lowest BCUT2D eigenvalue weighted by Gasteiger charge is -2.32. The number of carboxylic acid groups (broad SMARTS) is 1. The lowest BCUT2D eigenvalue weighted by molar-refractivity contribution is -0.139. The van der Waals surface area contributed by atoms with Crippen molar-refractivity contribution in [2.45, 2.75) is 70.5 Å². The molecule has 38 heavy (non-hydrogen) atoms. The van der Waals surface area contributed by atoms with Crippen molar-refractivity contribution in [3.63, 3.8) is 0 Å². The molecule has 0 spiro atoms. The molecule has 9 nitrogen and oxygen atoms in total. The fourth-order valence-electron chi connectivity index (χ4n) is 4.49. The van der Waals surface area contributed by atoms with Gasteiger partial charge < -0.3 is 25.3 Å². The molecule has 1 saturated heterocycles. The zero-order chi connectivity index (χ0) is 27.7. The van der Waals surface area contributed by atoms with Crippen LogP contribution in [0.4, 0.5) is 9.59 Å². The number of hydrogen-bond donors (Lipinski definition) is 3. The monoisotopic (exact) mass is 521 g/mol. The summed E-state index contributed by atoms with van der Waals surface area (Å²) >= 11 is 0. The summed E-state index contributed by atoms with van der Waals surface area (Å²) in [5, 5.41) is 14.4. The molecule has 3 amide bonds. The second-order valence-corrected chi connectivity index (χ2v) is 10.3. The first-order valence-electron chi connectivity index (χ1n) is 13.0. The fourth-order valence-corrected chi connectivity index (χ4v) is 4.49. The minimum Gasteiger partial charge on any atom is -0.487 e. The lowest BCUT2D eigenvalue weighted by Crippen LogP contribution is -2.58. The van der Waals surface area contributed by atoms with E-state index >= 15 is 0 Å². The Bertz CT molecular complexity index is 1110. The summed E-state index contributed by atoms with van der Waals surface area (Å²) in [6.45, 7) is 4.72. The summed E-state index contributed by atoms with van der Waals surface area (Å²) in [4.78, 5) is 52.9. The van der Waals surface area contributed by atoms with Crippen molar-refractivity contribution in [2.24, 2.45) is 0 Å². The number of hydrogen-bond acceptors (Lipinski definition) is 5. The van der Waals surface area contributed by atoms with Crippen LogP contribution in [0.25, 0.3) is 0 Å². The predicted molar refractivity (Wildman–Crippen MR) is 145 cm³/mol. The van der Waals surface area contributed by atoms with E-state index < -0.39 is 48.0 Å². The molecule has 202 valence electrons. The van der Waals surface area contributed by atoms with E-state index in [-0.39, 0.29) is 13.0 Å². The molecule has 2 unspecified atom stereocenters. The predicted octanol–water partition coefficient (Wildman–Crippen LogP) is 4.07. The summed E-state index contributed by atoms with van der Waals surface area (Å²) in [5.74, 6) is -2.04. The van der Waals surface area contributed by atoms with E-state index in [1.165, 1.54) is 4.90 Å². The van der Waals surface area contributed by atoms with Crippen LogP contribution in [0.3, 0.4) is 0 Å². The van der Waals surface area contributed by atoms with E-state index in [1.54, 1.807) is 13.8 Å². The first-order valence-corrected chi connectivity index (χ1v) is 13.0. The number of likely N-dealkylation sites (tertiary alicyclic amines) is 1. The second-order valence-electron chi connectivity index (χ2n) is 10.3. The van der Waals surface area contributed by atoms with Gasteiger partial charge in [0.25, 0.3) is 5.87 Å². The van der Waals surface area contributed by atoms with Gasteiger partial charge in [-0.15, -0.1) is 0 Å². The highest BCUT2D eigenvalue weighted by Gasteiger charge is 2.44. The second kappa shape index (κ2) is 13.1. The SMILES string of the molecule is CCC(C)(C)B(NC(=O)C1CCCN1C(=O)C(Cc1ccccc1)NC(=O)OCc1ccccc1)C(=O)O. The molecule has 2 aromatic carbocycles. The van der Waals surface area contributed by atoms with Crippen LogP contribution in [-0.4, -0.2) is 59.3 Å². The Hall–Kier alpha value is -3.82. The van der Waals surface area contributed by atoms with Crippen LogP contribution in [0.15, 0.2) is 60.7 Å². The van der Waals surface area contributed by atoms with Gasteiger partial charge in [0, 0.05) is 13.0 Å². The van der Waals surface area contributed by atoms with Gasteiger partial charge in [0.1, 0.15) is 18.7 Å². The van der Waals surface area contributed by atoms with Gasteiger partial charge >= 0.3 is 12.9 Å². The van der Waals surface area contributed by atoms with Gasteiger partial charge in [-0.25, -0.2) is 4.79 Å². The Labute approximate surface area is 224 Å². The molecule has 0 radical (unpaired) electrons. The Kier molecular flexibility index (Phi) is 9.93. The van der Waals surface area contributed by atoms with Gasteiger partial charge in [0.2, 0.25) is 11.8 Å². The molecular weight excluding hydrogens is 485 g/mol. The number of carbonyl (C=O) groups excluding carboxylic acids is 3. The number of ether oxygens (including phenoxy) is 1. The van der Waals surface area contributed by atoms with Gasteiger partial charge in [-0.3, -0.25) is 14.4 Å². The van der Waals surface area contributed by atoms with Crippen LogP contribution in [0.2, 0.25) is 5.31 Å². The van der Waals surface area contributed by atoms with E-state index in [0.717, 1.165) is 11.1 Å². The van der Waals surface area contributed by atoms with Gasteiger partial charge in [0.05, 0.1) is 0 Å². The molecule has 3 rings (SSSR count). The molecule has 0 saturated carbocycles. The van der Waals surface area contributed by atoms with Crippen molar-refractivity contribution >= 4 is 30.6 Å². The van der Waals surface area contributed by atoms with Crippen molar-refractivity contribution < 1.29 is 29.0 Å². The van der Waals surface area contributed by atoms with Crippen LogP contribution >= 0.6 is 0 Å². The minimum absolute atomic E-state index is 0.0530. The van der Waals surface area contributed by atoms with E-state index in [0.29, 0.717) is 25.8 Å². The Morgan fingerprint density at radius 3 is 2.24 bits per heavy atom. The number of nitrogens with one attached hydrogen (secondary N) is 2. The molecule has 10 heteroatoms. The molecule has 1 heterocycles. The summed E-state index contributed by atoms with van der Waals surface area (Å²) in [6.07, 6.45) is 1.03. The highest BCUT2D eigenvalue weighted by atomic mass is 16.5. The molecule has 3 N–H and O–H groups in total. The van der Waals surface area contributed by atoms with Crippen LogP contribution in [-0.2, 0) is 27.4 Å². The lowest BCUT2D eigenvalue weighted by atomic mass is 9.42. The maximum atomic E-state index is 13.7. The van der Waals surface area contributed by atoms with Crippen molar-refractivity contribution in [2.75, 3.05) is 6.54 Å². The summed E-state index contributed by atoms with van der Waals surface area (Å²) in [6, 6.07) is 16.7. The number of amides is 3. The molecule has 2 atom stereocenters. The molecule has 2 aromatic rings. The largest absolute Gasteiger partial charge is 0.487 e. The third kappa shape index (κ3) is 7.60. The number of carbonyl (C=O) groups is 4. The maximum Gasteiger partial charge on any atom is 0.408 e. The first kappa shape index (κ1) is 28.8. The molecule has 0 aliphatic carbocycles. The average molecular weight is 521 g/mol. The minimum atomic E-state index is -1.12. The average Bonchev–Trinajstić information content (AvgIpc) is 3.41. The van der Waals surface area contributed by atoms with Crippen molar-refractivity contribution in [3.8, 4) is 0 Å². The van der Waals surface area contributed by atoms with Gasteiger partial charge in [-0.05, 0) is 29.3 Å². The molecule has 0 aromatic heterocycles. The normalized spacial score (nSPS) is 15.9. The van der Waals surface area contributed by atoms with Crippen LogP contribution < -0.4 is 10.5 Å². The van der Waals surface area contributed by atoms with Crippen LogP contribution in [0.5, 0.6) is 0 Å². The fraction of sp³-hybridized carbons (Fsp3) is 0.429. The zero-order valence-electron chi connectivity index (χ0n) is 22.2. The topological polar surface area (TPSA) is 125 Å². The highest BCUT2D eigenvalue weighted by molar-refractivity contribution is 6.90. The zero-order valence-corrected chi connectivity index (χ0v) is 22.2. The Morgan fingerprint density at radius 1 is 1.05 bits per heavy atom. The summed E-state index contributed by atoms with van der Waals surface area (Å²) < 4.78 is 5.35.